The predicted octanol–water partition coefficient (Wildman–Crippen LogP) is 3.45. The summed E-state index contributed by atoms with van der Waals surface area (Å²) in [5.74, 6) is -0.00599. The summed E-state index contributed by atoms with van der Waals surface area (Å²) in [5, 5.41) is 7.34. The van der Waals surface area contributed by atoms with Gasteiger partial charge in [0.25, 0.3) is 5.91 Å². The smallest absolute Gasteiger partial charge is 0.387 e. The summed E-state index contributed by atoms with van der Waals surface area (Å²) in [6, 6.07) is 4.78. The number of nitrogens with zero attached hydrogens (tertiary/aromatic N) is 2. The standard InChI is InChI=1S/C18H21F2N3O2/c1-10-16(11(2)23(3)22-10)17(24)21-15-6-4-5-12-9-13(25-18(19)20)7-8-14(12)15/h7-9,15,18H,4-6H2,1-3H3,(H,21,24)/t15-/m0/s1. The van der Waals surface area contributed by atoms with Gasteiger partial charge in [0, 0.05) is 12.7 Å². The van der Waals surface area contributed by atoms with E-state index in [1.54, 1.807) is 23.9 Å². The summed E-state index contributed by atoms with van der Waals surface area (Å²) in [6.07, 6.45) is 2.47. The van der Waals surface area contributed by atoms with Crippen LogP contribution in [0, 0.1) is 13.8 Å². The first-order valence-electron chi connectivity index (χ1n) is 8.25. The highest BCUT2D eigenvalue weighted by atomic mass is 19.3. The van der Waals surface area contributed by atoms with Gasteiger partial charge in [-0.05, 0) is 56.4 Å². The van der Waals surface area contributed by atoms with Gasteiger partial charge >= 0.3 is 6.61 Å². The molecule has 1 amide bonds. The van der Waals surface area contributed by atoms with Crippen LogP contribution in [0.2, 0.25) is 0 Å². The lowest BCUT2D eigenvalue weighted by Gasteiger charge is -2.27. The van der Waals surface area contributed by atoms with Crippen LogP contribution in [-0.4, -0.2) is 22.3 Å². The SMILES string of the molecule is Cc1nn(C)c(C)c1C(=O)N[C@H]1CCCc2cc(OC(F)F)ccc21. The number of ether oxygens (including phenoxy) is 1. The number of fused-ring (bicyclic) bond motifs is 1. The number of halogens is 2. The highest BCUT2D eigenvalue weighted by Crippen LogP contribution is 2.33. The van der Waals surface area contributed by atoms with Gasteiger partial charge in [-0.3, -0.25) is 9.48 Å². The second-order valence-corrected chi connectivity index (χ2v) is 6.33. The third kappa shape index (κ3) is 3.50. The summed E-state index contributed by atoms with van der Waals surface area (Å²) in [4.78, 5) is 12.7. The van der Waals surface area contributed by atoms with Crippen molar-refractivity contribution in [3.8, 4) is 5.75 Å². The van der Waals surface area contributed by atoms with Crippen LogP contribution in [0.1, 0.15) is 51.8 Å². The Labute approximate surface area is 145 Å². The van der Waals surface area contributed by atoms with E-state index in [0.29, 0.717) is 11.3 Å². The van der Waals surface area contributed by atoms with Crippen LogP contribution in [0.5, 0.6) is 5.75 Å². The van der Waals surface area contributed by atoms with Crippen molar-refractivity contribution in [1.82, 2.24) is 15.1 Å². The second-order valence-electron chi connectivity index (χ2n) is 6.33. The van der Waals surface area contributed by atoms with Gasteiger partial charge in [0.05, 0.1) is 17.3 Å². The first-order valence-corrected chi connectivity index (χ1v) is 8.25. The normalized spacial score (nSPS) is 16.6. The third-order valence-electron chi connectivity index (χ3n) is 4.70. The summed E-state index contributed by atoms with van der Waals surface area (Å²) in [6.45, 7) is 0.830. The molecule has 1 aromatic heterocycles. The fraction of sp³-hybridized carbons (Fsp3) is 0.444. The van der Waals surface area contributed by atoms with Crippen molar-refractivity contribution in [2.24, 2.45) is 7.05 Å². The van der Waals surface area contributed by atoms with Gasteiger partial charge in [0.1, 0.15) is 5.75 Å². The molecule has 1 heterocycles. The fourth-order valence-electron chi connectivity index (χ4n) is 3.45. The lowest BCUT2D eigenvalue weighted by Crippen LogP contribution is -2.31. The van der Waals surface area contributed by atoms with Crippen molar-refractivity contribution in [2.75, 3.05) is 0 Å². The topological polar surface area (TPSA) is 56.2 Å². The minimum atomic E-state index is -2.84. The minimum Gasteiger partial charge on any atom is -0.435 e. The number of benzene rings is 1. The maximum Gasteiger partial charge on any atom is 0.387 e. The number of aromatic nitrogens is 2. The predicted molar refractivity (Wildman–Crippen MR) is 88.9 cm³/mol. The Kier molecular flexibility index (Phi) is 4.74. The van der Waals surface area contributed by atoms with Gasteiger partial charge in [-0.1, -0.05) is 6.07 Å². The number of alkyl halides is 2. The highest BCUT2D eigenvalue weighted by Gasteiger charge is 2.25. The van der Waals surface area contributed by atoms with E-state index < -0.39 is 6.61 Å². The largest absolute Gasteiger partial charge is 0.435 e. The zero-order valence-corrected chi connectivity index (χ0v) is 14.5. The molecule has 0 saturated heterocycles. The maximum atomic E-state index is 12.7. The molecule has 1 aliphatic rings. The molecular weight excluding hydrogens is 328 g/mol. The van der Waals surface area contributed by atoms with E-state index in [1.807, 2.05) is 13.8 Å². The first-order chi connectivity index (χ1) is 11.9. The van der Waals surface area contributed by atoms with Crippen molar-refractivity contribution in [3.63, 3.8) is 0 Å². The molecule has 0 bridgehead atoms. The monoisotopic (exact) mass is 349 g/mol. The first kappa shape index (κ1) is 17.4. The summed E-state index contributed by atoms with van der Waals surface area (Å²) in [7, 11) is 1.81. The maximum absolute atomic E-state index is 12.7. The van der Waals surface area contributed by atoms with E-state index in [9.17, 15) is 13.6 Å². The van der Waals surface area contributed by atoms with Crippen LogP contribution in [0.3, 0.4) is 0 Å². The van der Waals surface area contributed by atoms with E-state index in [2.05, 4.69) is 15.2 Å². The van der Waals surface area contributed by atoms with Gasteiger partial charge in [-0.25, -0.2) is 0 Å². The minimum absolute atomic E-state index is 0.143. The number of carbonyl (C=O) groups excluding carboxylic acids is 1. The van der Waals surface area contributed by atoms with Gasteiger partial charge in [-0.15, -0.1) is 0 Å². The van der Waals surface area contributed by atoms with E-state index in [1.165, 1.54) is 6.07 Å². The molecular formula is C18H21F2N3O2. The summed E-state index contributed by atoms with van der Waals surface area (Å²) < 4.78 is 30.9. The van der Waals surface area contributed by atoms with Gasteiger partial charge in [0.2, 0.25) is 0 Å². The number of hydrogen-bond donors (Lipinski definition) is 1. The molecule has 0 fully saturated rings. The molecule has 0 spiro atoms. The second kappa shape index (κ2) is 6.82. The molecule has 7 heteroatoms. The van der Waals surface area contributed by atoms with E-state index in [4.69, 9.17) is 0 Å². The van der Waals surface area contributed by atoms with Gasteiger partial charge in [0.15, 0.2) is 0 Å². The zero-order valence-electron chi connectivity index (χ0n) is 14.5. The molecule has 2 aromatic rings. The molecule has 1 aromatic carbocycles. The molecule has 3 rings (SSSR count). The lowest BCUT2D eigenvalue weighted by atomic mass is 9.87. The number of carbonyl (C=O) groups is 1. The van der Waals surface area contributed by atoms with E-state index in [-0.39, 0.29) is 17.7 Å². The van der Waals surface area contributed by atoms with Crippen LogP contribution in [-0.2, 0) is 13.5 Å². The van der Waals surface area contributed by atoms with Crippen molar-refractivity contribution in [1.29, 1.82) is 0 Å². The average Bonchev–Trinajstić information content (AvgIpc) is 2.79. The highest BCUT2D eigenvalue weighted by molar-refractivity contribution is 5.96. The zero-order chi connectivity index (χ0) is 18.1. The van der Waals surface area contributed by atoms with E-state index in [0.717, 1.165) is 36.1 Å². The quantitative estimate of drug-likeness (QED) is 0.920. The molecule has 0 unspecified atom stereocenters. The molecule has 1 aliphatic carbocycles. The molecule has 0 saturated carbocycles. The molecule has 5 nitrogen and oxygen atoms in total. The van der Waals surface area contributed by atoms with Crippen molar-refractivity contribution < 1.29 is 18.3 Å². The number of amides is 1. The molecule has 0 radical (unpaired) electrons. The Morgan fingerprint density at radius 1 is 1.40 bits per heavy atom. The van der Waals surface area contributed by atoms with Crippen molar-refractivity contribution >= 4 is 5.91 Å². The molecule has 1 atom stereocenters. The van der Waals surface area contributed by atoms with Crippen LogP contribution in [0.15, 0.2) is 18.2 Å². The summed E-state index contributed by atoms with van der Waals surface area (Å²) in [5.41, 5.74) is 3.99. The number of hydrogen-bond acceptors (Lipinski definition) is 3. The Morgan fingerprint density at radius 3 is 2.80 bits per heavy atom. The van der Waals surface area contributed by atoms with Crippen molar-refractivity contribution in [2.45, 2.75) is 45.8 Å². The van der Waals surface area contributed by atoms with Gasteiger partial charge < -0.3 is 10.1 Å². The summed E-state index contributed by atoms with van der Waals surface area (Å²) >= 11 is 0. The number of nitrogens with one attached hydrogen (secondary N) is 1. The number of aryl methyl sites for hydroxylation is 3. The average molecular weight is 349 g/mol. The van der Waals surface area contributed by atoms with Crippen molar-refractivity contribution in [3.05, 3.63) is 46.3 Å². The fourth-order valence-corrected chi connectivity index (χ4v) is 3.45. The Balaban J connectivity index is 1.82. The number of rotatable bonds is 4. The molecule has 0 aliphatic heterocycles. The Morgan fingerprint density at radius 2 is 2.16 bits per heavy atom. The Bertz CT molecular complexity index is 802. The van der Waals surface area contributed by atoms with Gasteiger partial charge in [-0.2, -0.15) is 13.9 Å². The molecule has 25 heavy (non-hydrogen) atoms. The van der Waals surface area contributed by atoms with Crippen LogP contribution >= 0.6 is 0 Å². The lowest BCUT2D eigenvalue weighted by molar-refractivity contribution is -0.0499. The molecule has 134 valence electrons. The Hall–Kier alpha value is -2.44. The van der Waals surface area contributed by atoms with Crippen LogP contribution < -0.4 is 10.1 Å². The van der Waals surface area contributed by atoms with Crippen LogP contribution in [0.25, 0.3) is 0 Å². The van der Waals surface area contributed by atoms with Crippen LogP contribution in [0.4, 0.5) is 8.78 Å². The van der Waals surface area contributed by atoms with E-state index >= 15 is 0 Å². The molecule has 1 N–H and O–H groups in total. The third-order valence-corrected chi connectivity index (χ3v) is 4.70.